The fourth-order valence-corrected chi connectivity index (χ4v) is 2.94. The number of H-pyrrole nitrogens is 1. The molecule has 0 saturated carbocycles. The van der Waals surface area contributed by atoms with Gasteiger partial charge >= 0.3 is 0 Å². The highest BCUT2D eigenvalue weighted by Gasteiger charge is 2.11. The number of fused-ring (bicyclic) bond motifs is 1. The molecular weight excluding hydrogens is 362 g/mol. The molecule has 3 aromatic heterocycles. The second-order valence-corrected chi connectivity index (χ2v) is 6.43. The van der Waals surface area contributed by atoms with Gasteiger partial charge in [0.25, 0.3) is 5.91 Å². The van der Waals surface area contributed by atoms with E-state index in [1.165, 1.54) is 12.1 Å². The van der Waals surface area contributed by atoms with Crippen LogP contribution in [0.2, 0.25) is 0 Å². The standard InChI is InChI=1S/C21H16F2N4O/c22-17-2-1-14(9-18(17)23)7-15-8-16-10-19(27-20(16)25-12-15)21(28)26-11-13-3-5-24-6-4-13/h1-6,8-10,12H,7,11H2,(H,25,27)(H,26,28). The van der Waals surface area contributed by atoms with Crippen LogP contribution in [0, 0.1) is 11.6 Å². The van der Waals surface area contributed by atoms with Crippen LogP contribution in [0.25, 0.3) is 11.0 Å². The first-order valence-corrected chi connectivity index (χ1v) is 8.67. The summed E-state index contributed by atoms with van der Waals surface area (Å²) in [5, 5.41) is 3.61. The van der Waals surface area contributed by atoms with Gasteiger partial charge in [0, 0.05) is 30.5 Å². The van der Waals surface area contributed by atoms with Crippen molar-refractivity contribution in [2.45, 2.75) is 13.0 Å². The molecule has 28 heavy (non-hydrogen) atoms. The first-order chi connectivity index (χ1) is 13.6. The number of nitrogens with one attached hydrogen (secondary N) is 2. The van der Waals surface area contributed by atoms with Gasteiger partial charge in [-0.3, -0.25) is 9.78 Å². The average Bonchev–Trinajstić information content (AvgIpc) is 3.13. The van der Waals surface area contributed by atoms with Gasteiger partial charge in [0.15, 0.2) is 11.6 Å². The van der Waals surface area contributed by atoms with E-state index in [0.717, 1.165) is 22.6 Å². The summed E-state index contributed by atoms with van der Waals surface area (Å²) in [6.07, 6.45) is 5.40. The summed E-state index contributed by atoms with van der Waals surface area (Å²) < 4.78 is 26.4. The van der Waals surface area contributed by atoms with Crippen molar-refractivity contribution < 1.29 is 13.6 Å². The predicted molar refractivity (Wildman–Crippen MR) is 101 cm³/mol. The van der Waals surface area contributed by atoms with E-state index in [1.807, 2.05) is 18.2 Å². The molecule has 0 aliphatic carbocycles. The van der Waals surface area contributed by atoms with Crippen LogP contribution in [0.1, 0.15) is 27.2 Å². The third kappa shape index (κ3) is 3.88. The van der Waals surface area contributed by atoms with E-state index in [4.69, 9.17) is 0 Å². The zero-order chi connectivity index (χ0) is 19.5. The van der Waals surface area contributed by atoms with Gasteiger partial charge in [0.2, 0.25) is 0 Å². The minimum atomic E-state index is -0.874. The molecule has 0 aliphatic heterocycles. The molecule has 1 aromatic carbocycles. The van der Waals surface area contributed by atoms with Crippen LogP contribution in [-0.2, 0) is 13.0 Å². The molecule has 5 nitrogen and oxygen atoms in total. The average molecular weight is 378 g/mol. The smallest absolute Gasteiger partial charge is 0.268 e. The van der Waals surface area contributed by atoms with Crippen molar-refractivity contribution in [1.82, 2.24) is 20.3 Å². The Morgan fingerprint density at radius 2 is 1.79 bits per heavy atom. The summed E-state index contributed by atoms with van der Waals surface area (Å²) in [6.45, 7) is 0.394. The van der Waals surface area contributed by atoms with E-state index >= 15 is 0 Å². The first kappa shape index (κ1) is 17.8. The summed E-state index contributed by atoms with van der Waals surface area (Å²) in [7, 11) is 0. The van der Waals surface area contributed by atoms with E-state index < -0.39 is 11.6 Å². The van der Waals surface area contributed by atoms with Gasteiger partial charge in [0.05, 0.1) is 0 Å². The summed E-state index contributed by atoms with van der Waals surface area (Å²) in [5.74, 6) is -1.98. The van der Waals surface area contributed by atoms with Gasteiger partial charge in [-0.2, -0.15) is 0 Å². The minimum Gasteiger partial charge on any atom is -0.347 e. The second-order valence-electron chi connectivity index (χ2n) is 6.43. The van der Waals surface area contributed by atoms with Gasteiger partial charge in [0.1, 0.15) is 11.3 Å². The number of carbonyl (C=O) groups excluding carboxylic acids is 1. The van der Waals surface area contributed by atoms with Gasteiger partial charge in [-0.05, 0) is 59.5 Å². The summed E-state index contributed by atoms with van der Waals surface area (Å²) in [5.41, 5.74) is 3.42. The number of pyridine rings is 2. The van der Waals surface area contributed by atoms with Crippen LogP contribution in [0.5, 0.6) is 0 Å². The van der Waals surface area contributed by atoms with E-state index in [1.54, 1.807) is 24.7 Å². The monoisotopic (exact) mass is 378 g/mol. The zero-order valence-corrected chi connectivity index (χ0v) is 14.7. The normalized spacial score (nSPS) is 10.9. The second kappa shape index (κ2) is 7.56. The van der Waals surface area contributed by atoms with E-state index in [9.17, 15) is 13.6 Å². The van der Waals surface area contributed by atoms with Crippen molar-refractivity contribution in [3.05, 3.63) is 95.1 Å². The minimum absolute atomic E-state index is 0.239. The van der Waals surface area contributed by atoms with E-state index in [0.29, 0.717) is 29.9 Å². The highest BCUT2D eigenvalue weighted by molar-refractivity contribution is 5.97. The highest BCUT2D eigenvalue weighted by atomic mass is 19.2. The molecule has 0 fully saturated rings. The van der Waals surface area contributed by atoms with E-state index in [-0.39, 0.29) is 5.91 Å². The molecule has 0 bridgehead atoms. The van der Waals surface area contributed by atoms with Crippen LogP contribution in [0.3, 0.4) is 0 Å². The maximum atomic E-state index is 13.4. The first-order valence-electron chi connectivity index (χ1n) is 8.67. The van der Waals surface area contributed by atoms with Gasteiger partial charge in [-0.1, -0.05) is 6.07 Å². The number of halogens is 2. The molecule has 7 heteroatoms. The fourth-order valence-electron chi connectivity index (χ4n) is 2.94. The van der Waals surface area contributed by atoms with Crippen LogP contribution in [0.15, 0.2) is 61.1 Å². The van der Waals surface area contributed by atoms with Crippen molar-refractivity contribution in [3.8, 4) is 0 Å². The van der Waals surface area contributed by atoms with Crippen LogP contribution >= 0.6 is 0 Å². The topological polar surface area (TPSA) is 70.7 Å². The number of aromatic amines is 1. The Balaban J connectivity index is 1.49. The molecule has 2 N–H and O–H groups in total. The number of hydrogen-bond donors (Lipinski definition) is 2. The molecule has 0 spiro atoms. The lowest BCUT2D eigenvalue weighted by atomic mass is 10.1. The fraction of sp³-hybridized carbons (Fsp3) is 0.0952. The molecule has 0 atom stereocenters. The number of carbonyl (C=O) groups is 1. The molecule has 140 valence electrons. The molecule has 4 aromatic rings. The molecule has 0 unspecified atom stereocenters. The largest absolute Gasteiger partial charge is 0.347 e. The Morgan fingerprint density at radius 1 is 0.964 bits per heavy atom. The number of rotatable bonds is 5. The maximum absolute atomic E-state index is 13.4. The Labute approximate surface area is 159 Å². The highest BCUT2D eigenvalue weighted by Crippen LogP contribution is 2.18. The summed E-state index contributed by atoms with van der Waals surface area (Å²) in [6, 6.07) is 11.1. The number of aromatic nitrogens is 3. The van der Waals surface area contributed by atoms with Crippen molar-refractivity contribution in [1.29, 1.82) is 0 Å². The molecule has 1 amide bonds. The lowest BCUT2D eigenvalue weighted by Crippen LogP contribution is -2.23. The Bertz CT molecular complexity index is 1140. The Hall–Kier alpha value is -3.61. The number of amides is 1. The number of nitrogens with zero attached hydrogens (tertiary/aromatic N) is 2. The van der Waals surface area contributed by atoms with Gasteiger partial charge in [-0.25, -0.2) is 13.8 Å². The summed E-state index contributed by atoms with van der Waals surface area (Å²) in [4.78, 5) is 23.6. The third-order valence-electron chi connectivity index (χ3n) is 4.37. The zero-order valence-electron chi connectivity index (χ0n) is 14.7. The van der Waals surface area contributed by atoms with Crippen LogP contribution in [-0.4, -0.2) is 20.9 Å². The van der Waals surface area contributed by atoms with Gasteiger partial charge < -0.3 is 10.3 Å². The third-order valence-corrected chi connectivity index (χ3v) is 4.37. The van der Waals surface area contributed by atoms with Crippen molar-refractivity contribution in [2.24, 2.45) is 0 Å². The van der Waals surface area contributed by atoms with E-state index in [2.05, 4.69) is 20.3 Å². The van der Waals surface area contributed by atoms with Crippen molar-refractivity contribution in [2.75, 3.05) is 0 Å². The summed E-state index contributed by atoms with van der Waals surface area (Å²) >= 11 is 0. The molecule has 3 heterocycles. The van der Waals surface area contributed by atoms with Crippen molar-refractivity contribution >= 4 is 16.9 Å². The Kier molecular flexibility index (Phi) is 4.80. The quantitative estimate of drug-likeness (QED) is 0.556. The van der Waals surface area contributed by atoms with Gasteiger partial charge in [-0.15, -0.1) is 0 Å². The lowest BCUT2D eigenvalue weighted by molar-refractivity contribution is 0.0946. The molecule has 0 saturated heterocycles. The number of hydrogen-bond acceptors (Lipinski definition) is 3. The predicted octanol–water partition coefficient (Wildman–Crippen LogP) is 3.76. The Morgan fingerprint density at radius 3 is 2.57 bits per heavy atom. The molecule has 0 radical (unpaired) electrons. The molecule has 0 aliphatic rings. The lowest BCUT2D eigenvalue weighted by Gasteiger charge is -2.03. The van der Waals surface area contributed by atoms with Crippen LogP contribution < -0.4 is 5.32 Å². The molecular formula is C21H16F2N4O. The SMILES string of the molecule is O=C(NCc1ccncc1)c1cc2cc(Cc3ccc(F)c(F)c3)cnc2[nH]1. The maximum Gasteiger partial charge on any atom is 0.268 e. The molecule has 4 rings (SSSR count). The number of benzene rings is 1. The van der Waals surface area contributed by atoms with Crippen molar-refractivity contribution in [3.63, 3.8) is 0 Å². The van der Waals surface area contributed by atoms with Crippen LogP contribution in [0.4, 0.5) is 8.78 Å².